The first-order valence-corrected chi connectivity index (χ1v) is 10.7. The number of methoxy groups -OCH3 is 1. The van der Waals surface area contributed by atoms with Crippen molar-refractivity contribution in [2.45, 2.75) is 39.2 Å². The fraction of sp³-hybridized carbons (Fsp3) is 0.280. The second-order valence-electron chi connectivity index (χ2n) is 7.97. The van der Waals surface area contributed by atoms with E-state index in [1.54, 1.807) is 31.4 Å². The zero-order valence-corrected chi connectivity index (χ0v) is 18.9. The zero-order chi connectivity index (χ0) is 22.1. The van der Waals surface area contributed by atoms with Gasteiger partial charge in [-0.1, -0.05) is 29.8 Å². The van der Waals surface area contributed by atoms with E-state index in [4.69, 9.17) is 21.4 Å². The van der Waals surface area contributed by atoms with E-state index < -0.39 is 0 Å². The number of hydrogen-bond donors (Lipinski definition) is 1. The lowest BCUT2D eigenvalue weighted by atomic mass is 9.96. The smallest absolute Gasteiger partial charge is 0.251 e. The molecule has 0 aliphatic heterocycles. The van der Waals surface area contributed by atoms with Gasteiger partial charge in [-0.25, -0.2) is 4.68 Å². The fourth-order valence-electron chi connectivity index (χ4n) is 4.17. The Labute approximate surface area is 187 Å². The van der Waals surface area contributed by atoms with Gasteiger partial charge in [0.1, 0.15) is 5.75 Å². The van der Waals surface area contributed by atoms with Gasteiger partial charge in [0.2, 0.25) is 0 Å². The van der Waals surface area contributed by atoms with Crippen molar-refractivity contribution in [3.8, 4) is 11.4 Å². The topological polar surface area (TPSA) is 56.1 Å². The zero-order valence-electron chi connectivity index (χ0n) is 18.1. The minimum atomic E-state index is -0.0867. The van der Waals surface area contributed by atoms with Crippen LogP contribution < -0.4 is 10.1 Å². The molecule has 31 heavy (non-hydrogen) atoms. The molecule has 2 aromatic carbocycles. The van der Waals surface area contributed by atoms with Crippen LogP contribution >= 0.6 is 11.6 Å². The predicted molar refractivity (Wildman–Crippen MR) is 124 cm³/mol. The molecule has 0 fully saturated rings. The Hall–Kier alpha value is -3.05. The first kappa shape index (κ1) is 21.2. The van der Waals surface area contributed by atoms with E-state index in [9.17, 15) is 4.79 Å². The number of halogens is 1. The van der Waals surface area contributed by atoms with Crippen LogP contribution in [-0.4, -0.2) is 28.8 Å². The lowest BCUT2D eigenvalue weighted by Crippen LogP contribution is -2.32. The predicted octanol–water partition coefficient (Wildman–Crippen LogP) is 5.30. The summed E-state index contributed by atoms with van der Waals surface area (Å²) in [7, 11) is 1.61. The quantitative estimate of drug-likeness (QED) is 0.553. The Kier molecular flexibility index (Phi) is 5.88. The molecule has 160 valence electrons. The summed E-state index contributed by atoms with van der Waals surface area (Å²) in [6, 6.07) is 13.1. The van der Waals surface area contributed by atoms with Crippen LogP contribution in [0.4, 0.5) is 0 Å². The second-order valence-corrected chi connectivity index (χ2v) is 8.37. The average molecular weight is 436 g/mol. The van der Waals surface area contributed by atoms with Crippen molar-refractivity contribution >= 4 is 17.5 Å². The van der Waals surface area contributed by atoms with E-state index in [2.05, 4.69) is 24.4 Å². The first-order valence-electron chi connectivity index (χ1n) is 10.3. The van der Waals surface area contributed by atoms with Gasteiger partial charge in [0.25, 0.3) is 5.91 Å². The van der Waals surface area contributed by atoms with E-state index in [-0.39, 0.29) is 17.9 Å². The number of allylic oxidation sites excluding steroid dienone is 1. The van der Waals surface area contributed by atoms with Crippen molar-refractivity contribution < 1.29 is 9.53 Å². The summed E-state index contributed by atoms with van der Waals surface area (Å²) in [5.74, 6) is 0.849. The van der Waals surface area contributed by atoms with Gasteiger partial charge in [-0.15, -0.1) is 0 Å². The summed E-state index contributed by atoms with van der Waals surface area (Å²) in [6.45, 7) is 6.11. The number of benzene rings is 2. The van der Waals surface area contributed by atoms with Crippen molar-refractivity contribution in [3.05, 3.63) is 87.7 Å². The summed E-state index contributed by atoms with van der Waals surface area (Å²) in [5.41, 5.74) is 5.90. The lowest BCUT2D eigenvalue weighted by molar-refractivity contribution is 0.0944. The molecule has 4 rings (SSSR count). The van der Waals surface area contributed by atoms with E-state index in [1.807, 2.05) is 36.7 Å². The number of ether oxygens (including phenoxy) is 1. The van der Waals surface area contributed by atoms with Gasteiger partial charge in [-0.3, -0.25) is 4.79 Å². The molecule has 1 aliphatic carbocycles. The Balaban J connectivity index is 1.49. The van der Waals surface area contributed by atoms with Gasteiger partial charge < -0.3 is 10.1 Å². The van der Waals surface area contributed by atoms with Crippen LogP contribution in [0.2, 0.25) is 5.02 Å². The molecule has 6 heteroatoms. The number of hydrogen-bond acceptors (Lipinski definition) is 3. The molecule has 1 heterocycles. The average Bonchev–Trinajstić information content (AvgIpc) is 3.33. The SMILES string of the molecule is COc1ccc(C(=O)N[C@@H]2C=C[C@H](c3c(C)nn(-c4ccc(C)c(Cl)c4)c3C)C2)cc1. The molecule has 1 aliphatic rings. The molecular formula is C25H26ClN3O2. The van der Waals surface area contributed by atoms with Crippen molar-refractivity contribution in [3.63, 3.8) is 0 Å². The number of amides is 1. The summed E-state index contributed by atoms with van der Waals surface area (Å²) in [4.78, 5) is 12.6. The number of nitrogens with one attached hydrogen (secondary N) is 1. The van der Waals surface area contributed by atoms with Gasteiger partial charge >= 0.3 is 0 Å². The standard InChI is InChI=1S/C25H26ClN3O2/c1-15-5-10-21(14-23(15)26)29-17(3)24(16(2)28-29)19-6-9-20(13-19)27-25(30)18-7-11-22(31-4)12-8-18/h5-12,14,19-20H,13H2,1-4H3,(H,27,30)/t19-,20+/m0/s1. The molecule has 0 bridgehead atoms. The van der Waals surface area contributed by atoms with E-state index in [1.165, 1.54) is 5.56 Å². The van der Waals surface area contributed by atoms with Crippen LogP contribution in [0.3, 0.4) is 0 Å². The highest BCUT2D eigenvalue weighted by atomic mass is 35.5. The first-order chi connectivity index (χ1) is 14.9. The molecule has 0 saturated carbocycles. The Morgan fingerprint density at radius 2 is 1.87 bits per heavy atom. The number of aromatic nitrogens is 2. The molecule has 0 unspecified atom stereocenters. The minimum Gasteiger partial charge on any atom is -0.497 e. The second kappa shape index (κ2) is 8.60. The molecule has 1 N–H and O–H groups in total. The third-order valence-corrected chi connectivity index (χ3v) is 6.28. The molecular weight excluding hydrogens is 410 g/mol. The number of carbonyl (C=O) groups is 1. The minimum absolute atomic E-state index is 0.0180. The van der Waals surface area contributed by atoms with E-state index in [0.717, 1.165) is 39.8 Å². The third-order valence-electron chi connectivity index (χ3n) is 5.87. The summed E-state index contributed by atoms with van der Waals surface area (Å²) < 4.78 is 7.11. The van der Waals surface area contributed by atoms with Crippen molar-refractivity contribution in [1.82, 2.24) is 15.1 Å². The van der Waals surface area contributed by atoms with Crippen LogP contribution in [-0.2, 0) is 0 Å². The van der Waals surface area contributed by atoms with Crippen molar-refractivity contribution in [1.29, 1.82) is 0 Å². The molecule has 2 atom stereocenters. The highest BCUT2D eigenvalue weighted by Crippen LogP contribution is 2.34. The van der Waals surface area contributed by atoms with Crippen molar-refractivity contribution in [2.75, 3.05) is 7.11 Å². The number of nitrogens with zero attached hydrogens (tertiary/aromatic N) is 2. The fourth-order valence-corrected chi connectivity index (χ4v) is 4.35. The van der Waals surface area contributed by atoms with E-state index in [0.29, 0.717) is 5.56 Å². The van der Waals surface area contributed by atoms with Gasteiger partial charge in [0.05, 0.1) is 18.5 Å². The van der Waals surface area contributed by atoms with Crippen LogP contribution in [0, 0.1) is 20.8 Å². The van der Waals surface area contributed by atoms with Gasteiger partial charge in [-0.05, 0) is 69.2 Å². The highest BCUT2D eigenvalue weighted by Gasteiger charge is 2.27. The summed E-state index contributed by atoms with van der Waals surface area (Å²) in [6.07, 6.45) is 5.05. The maximum Gasteiger partial charge on any atom is 0.251 e. The lowest BCUT2D eigenvalue weighted by Gasteiger charge is -2.15. The van der Waals surface area contributed by atoms with Gasteiger partial charge in [0, 0.05) is 33.8 Å². The number of aryl methyl sites for hydroxylation is 2. The molecule has 1 amide bonds. The monoisotopic (exact) mass is 435 g/mol. The maximum absolute atomic E-state index is 12.6. The van der Waals surface area contributed by atoms with Gasteiger partial charge in [0.15, 0.2) is 0 Å². The largest absolute Gasteiger partial charge is 0.497 e. The molecule has 1 aromatic heterocycles. The number of rotatable bonds is 5. The molecule has 0 spiro atoms. The molecule has 3 aromatic rings. The molecule has 0 saturated heterocycles. The number of carbonyl (C=O) groups excluding carboxylic acids is 1. The normalized spacial score (nSPS) is 17.7. The van der Waals surface area contributed by atoms with Crippen LogP contribution in [0.1, 0.15) is 45.2 Å². The van der Waals surface area contributed by atoms with Crippen LogP contribution in [0.15, 0.2) is 54.6 Å². The Morgan fingerprint density at radius 1 is 1.13 bits per heavy atom. The summed E-state index contributed by atoms with van der Waals surface area (Å²) in [5, 5.41) is 8.61. The highest BCUT2D eigenvalue weighted by molar-refractivity contribution is 6.31. The molecule has 0 radical (unpaired) electrons. The summed E-state index contributed by atoms with van der Waals surface area (Å²) >= 11 is 6.33. The van der Waals surface area contributed by atoms with Crippen LogP contribution in [0.25, 0.3) is 5.69 Å². The Morgan fingerprint density at radius 3 is 2.55 bits per heavy atom. The van der Waals surface area contributed by atoms with Crippen LogP contribution in [0.5, 0.6) is 5.75 Å². The molecule has 5 nitrogen and oxygen atoms in total. The van der Waals surface area contributed by atoms with Gasteiger partial charge in [-0.2, -0.15) is 5.10 Å². The Bertz CT molecular complexity index is 1150. The van der Waals surface area contributed by atoms with E-state index >= 15 is 0 Å². The third kappa shape index (κ3) is 4.23. The van der Waals surface area contributed by atoms with Crippen molar-refractivity contribution in [2.24, 2.45) is 0 Å². The maximum atomic E-state index is 12.6.